The second-order valence-electron chi connectivity index (χ2n) is 8.23. The molecule has 0 spiro atoms. The van der Waals surface area contributed by atoms with Gasteiger partial charge in [-0.25, -0.2) is 0 Å². The third kappa shape index (κ3) is 4.45. The summed E-state index contributed by atoms with van der Waals surface area (Å²) in [5.74, 6) is 0. The summed E-state index contributed by atoms with van der Waals surface area (Å²) in [5.41, 5.74) is 1.23. The first kappa shape index (κ1) is 17.3. The number of hydrogen-bond acceptors (Lipinski definition) is 2. The molecule has 2 nitrogen and oxygen atoms in total. The fraction of sp³-hybridized carbons (Fsp3) is 1.00. The topological polar surface area (TPSA) is 15.3 Å². The SMILES string of the molecule is CCC1(CC)CCN(CC2(CNC(C)C)CCCC2)CC1. The molecule has 2 fully saturated rings. The summed E-state index contributed by atoms with van der Waals surface area (Å²) >= 11 is 0. The van der Waals surface area contributed by atoms with Gasteiger partial charge >= 0.3 is 0 Å². The molecule has 0 amide bonds. The van der Waals surface area contributed by atoms with Crippen LogP contribution in [0.4, 0.5) is 0 Å². The number of rotatable bonds is 7. The van der Waals surface area contributed by atoms with Gasteiger partial charge in [0.1, 0.15) is 0 Å². The van der Waals surface area contributed by atoms with Crippen LogP contribution in [0.5, 0.6) is 0 Å². The second-order valence-corrected chi connectivity index (χ2v) is 8.23. The smallest absolute Gasteiger partial charge is 0.00501 e. The van der Waals surface area contributed by atoms with E-state index < -0.39 is 0 Å². The summed E-state index contributed by atoms with van der Waals surface area (Å²) in [6, 6.07) is 0.622. The summed E-state index contributed by atoms with van der Waals surface area (Å²) < 4.78 is 0. The quantitative estimate of drug-likeness (QED) is 0.746. The van der Waals surface area contributed by atoms with Crippen LogP contribution in [-0.4, -0.2) is 37.1 Å². The molecule has 124 valence electrons. The van der Waals surface area contributed by atoms with E-state index in [1.54, 1.807) is 0 Å². The van der Waals surface area contributed by atoms with E-state index >= 15 is 0 Å². The van der Waals surface area contributed by atoms with Crippen molar-refractivity contribution in [2.45, 2.75) is 85.1 Å². The Bertz CT molecular complexity index is 291. The van der Waals surface area contributed by atoms with Crippen LogP contribution in [0.25, 0.3) is 0 Å². The third-order valence-corrected chi connectivity index (χ3v) is 6.53. The Balaban J connectivity index is 1.87. The van der Waals surface area contributed by atoms with Crippen LogP contribution < -0.4 is 5.32 Å². The molecule has 0 bridgehead atoms. The van der Waals surface area contributed by atoms with Gasteiger partial charge in [0.25, 0.3) is 0 Å². The minimum Gasteiger partial charge on any atom is -0.314 e. The Morgan fingerprint density at radius 1 is 0.905 bits per heavy atom. The van der Waals surface area contributed by atoms with Crippen molar-refractivity contribution in [3.63, 3.8) is 0 Å². The van der Waals surface area contributed by atoms with Gasteiger partial charge in [-0.2, -0.15) is 0 Å². The van der Waals surface area contributed by atoms with Crippen LogP contribution >= 0.6 is 0 Å². The van der Waals surface area contributed by atoms with Crippen molar-refractivity contribution in [1.29, 1.82) is 0 Å². The van der Waals surface area contributed by atoms with Gasteiger partial charge in [0, 0.05) is 19.1 Å². The predicted molar refractivity (Wildman–Crippen MR) is 92.7 cm³/mol. The normalized spacial score (nSPS) is 25.6. The Morgan fingerprint density at radius 2 is 1.48 bits per heavy atom. The van der Waals surface area contributed by atoms with Crippen LogP contribution in [0.3, 0.4) is 0 Å². The first-order valence-electron chi connectivity index (χ1n) is 9.49. The zero-order valence-corrected chi connectivity index (χ0v) is 15.0. The zero-order chi connectivity index (χ0) is 15.3. The maximum absolute atomic E-state index is 3.73. The lowest BCUT2D eigenvalue weighted by Crippen LogP contribution is -2.48. The van der Waals surface area contributed by atoms with Gasteiger partial charge in [0.2, 0.25) is 0 Å². The molecule has 0 radical (unpaired) electrons. The highest BCUT2D eigenvalue weighted by Crippen LogP contribution is 2.42. The Labute approximate surface area is 133 Å². The van der Waals surface area contributed by atoms with E-state index in [9.17, 15) is 0 Å². The minimum atomic E-state index is 0.572. The zero-order valence-electron chi connectivity index (χ0n) is 15.0. The molecule has 1 N–H and O–H groups in total. The van der Waals surface area contributed by atoms with E-state index in [4.69, 9.17) is 0 Å². The standard InChI is InChI=1S/C19H38N2/c1-5-18(6-2)11-13-21(14-12-18)16-19(9-7-8-10-19)15-20-17(3)4/h17,20H,5-16H2,1-4H3. The molecule has 1 saturated carbocycles. The fourth-order valence-corrected chi connectivity index (χ4v) is 4.55. The van der Waals surface area contributed by atoms with Gasteiger partial charge in [-0.1, -0.05) is 53.4 Å². The lowest BCUT2D eigenvalue weighted by atomic mass is 9.73. The highest BCUT2D eigenvalue weighted by molar-refractivity contribution is 4.92. The van der Waals surface area contributed by atoms with Gasteiger partial charge in [-0.15, -0.1) is 0 Å². The second kappa shape index (κ2) is 7.46. The molecule has 21 heavy (non-hydrogen) atoms. The molecule has 2 rings (SSSR count). The van der Waals surface area contributed by atoms with Crippen molar-refractivity contribution in [2.24, 2.45) is 10.8 Å². The molecule has 2 heteroatoms. The molecule has 2 aliphatic rings. The van der Waals surface area contributed by atoms with Gasteiger partial charge in [0.05, 0.1) is 0 Å². The third-order valence-electron chi connectivity index (χ3n) is 6.53. The van der Waals surface area contributed by atoms with Crippen molar-refractivity contribution in [2.75, 3.05) is 26.2 Å². The maximum Gasteiger partial charge on any atom is 0.00501 e. The monoisotopic (exact) mass is 294 g/mol. The van der Waals surface area contributed by atoms with Crippen LogP contribution in [0.15, 0.2) is 0 Å². The summed E-state index contributed by atoms with van der Waals surface area (Å²) in [5, 5.41) is 3.73. The molecule has 1 saturated heterocycles. The van der Waals surface area contributed by atoms with Gasteiger partial charge in [0.15, 0.2) is 0 Å². The van der Waals surface area contributed by atoms with Crippen molar-refractivity contribution in [3.8, 4) is 0 Å². The molecule has 0 unspecified atom stereocenters. The summed E-state index contributed by atoms with van der Waals surface area (Å²) in [6.07, 6.45) is 11.4. The van der Waals surface area contributed by atoms with Gasteiger partial charge in [-0.05, 0) is 49.6 Å². The van der Waals surface area contributed by atoms with Crippen LogP contribution in [-0.2, 0) is 0 Å². The highest BCUT2D eigenvalue weighted by atomic mass is 15.1. The predicted octanol–water partition coefficient (Wildman–Crippen LogP) is 4.45. The van der Waals surface area contributed by atoms with E-state index in [0.29, 0.717) is 16.9 Å². The number of nitrogens with one attached hydrogen (secondary N) is 1. The van der Waals surface area contributed by atoms with Crippen LogP contribution in [0, 0.1) is 10.8 Å². The number of nitrogens with zero attached hydrogens (tertiary/aromatic N) is 1. The first-order valence-corrected chi connectivity index (χ1v) is 9.49. The van der Waals surface area contributed by atoms with Crippen LogP contribution in [0.1, 0.15) is 79.1 Å². The van der Waals surface area contributed by atoms with Crippen molar-refractivity contribution in [1.82, 2.24) is 10.2 Å². The van der Waals surface area contributed by atoms with Crippen molar-refractivity contribution < 1.29 is 0 Å². The summed E-state index contributed by atoms with van der Waals surface area (Å²) in [4.78, 5) is 2.79. The summed E-state index contributed by atoms with van der Waals surface area (Å²) in [7, 11) is 0. The Kier molecular flexibility index (Phi) is 6.14. The van der Waals surface area contributed by atoms with Gasteiger partial charge < -0.3 is 10.2 Å². The summed E-state index contributed by atoms with van der Waals surface area (Å²) in [6.45, 7) is 14.6. The molecule has 1 heterocycles. The largest absolute Gasteiger partial charge is 0.314 e. The molecule has 1 aliphatic heterocycles. The Hall–Kier alpha value is -0.0800. The number of hydrogen-bond donors (Lipinski definition) is 1. The van der Waals surface area contributed by atoms with E-state index in [-0.39, 0.29) is 0 Å². The molecule has 0 aromatic heterocycles. The molecule has 0 aromatic carbocycles. The van der Waals surface area contributed by atoms with E-state index in [2.05, 4.69) is 37.9 Å². The number of likely N-dealkylation sites (tertiary alicyclic amines) is 1. The van der Waals surface area contributed by atoms with E-state index in [1.807, 2.05) is 0 Å². The maximum atomic E-state index is 3.73. The molecule has 0 aromatic rings. The van der Waals surface area contributed by atoms with Crippen LogP contribution in [0.2, 0.25) is 0 Å². The highest BCUT2D eigenvalue weighted by Gasteiger charge is 2.38. The van der Waals surface area contributed by atoms with Gasteiger partial charge in [-0.3, -0.25) is 0 Å². The molecular formula is C19H38N2. The van der Waals surface area contributed by atoms with Crippen molar-refractivity contribution in [3.05, 3.63) is 0 Å². The molecular weight excluding hydrogens is 256 g/mol. The molecule has 0 atom stereocenters. The average molecular weight is 295 g/mol. The lowest BCUT2D eigenvalue weighted by molar-refractivity contribution is 0.0600. The lowest BCUT2D eigenvalue weighted by Gasteiger charge is -2.44. The minimum absolute atomic E-state index is 0.572. The fourth-order valence-electron chi connectivity index (χ4n) is 4.55. The first-order chi connectivity index (χ1) is 10.0. The Morgan fingerprint density at radius 3 is 1.95 bits per heavy atom. The number of piperidine rings is 1. The average Bonchev–Trinajstić information content (AvgIpc) is 2.95. The van der Waals surface area contributed by atoms with E-state index in [0.717, 1.165) is 0 Å². The van der Waals surface area contributed by atoms with Crippen molar-refractivity contribution >= 4 is 0 Å². The van der Waals surface area contributed by atoms with E-state index in [1.165, 1.54) is 77.5 Å². The molecule has 1 aliphatic carbocycles.